The zero-order valence-corrected chi connectivity index (χ0v) is 22.5. The van der Waals surface area contributed by atoms with Crippen molar-refractivity contribution in [3.63, 3.8) is 0 Å². The largest absolute Gasteiger partial charge is 0.493 e. The Hall–Kier alpha value is -3.07. The highest BCUT2D eigenvalue weighted by atomic mass is 35.5. The molecule has 0 bridgehead atoms. The lowest BCUT2D eigenvalue weighted by Crippen LogP contribution is -2.38. The Morgan fingerprint density at radius 1 is 1.06 bits per heavy atom. The van der Waals surface area contributed by atoms with Crippen LogP contribution in [0.3, 0.4) is 0 Å². The number of ether oxygens (including phenoxy) is 3. The molecular formula is C21H21ClN4O7S3. The minimum absolute atomic E-state index is 0.0347. The molecule has 0 spiro atoms. The van der Waals surface area contributed by atoms with Gasteiger partial charge in [-0.15, -0.1) is 10.2 Å². The molecule has 0 saturated heterocycles. The van der Waals surface area contributed by atoms with Gasteiger partial charge in [0.25, 0.3) is 10.0 Å². The van der Waals surface area contributed by atoms with Gasteiger partial charge in [0.05, 0.1) is 37.7 Å². The normalized spacial score (nSPS) is 11.0. The summed E-state index contributed by atoms with van der Waals surface area (Å²) in [5.41, 5.74) is 0.218. The molecule has 0 aliphatic rings. The van der Waals surface area contributed by atoms with Crippen LogP contribution in [0.1, 0.15) is 0 Å². The summed E-state index contributed by atoms with van der Waals surface area (Å²) in [5.74, 6) is -0.490. The third-order valence-corrected chi connectivity index (χ3v) is 8.51. The maximum absolute atomic E-state index is 13.6. The lowest BCUT2D eigenvalue weighted by molar-refractivity contribution is -0.137. The molecule has 0 radical (unpaired) electrons. The van der Waals surface area contributed by atoms with E-state index in [9.17, 15) is 18.0 Å². The van der Waals surface area contributed by atoms with E-state index in [2.05, 4.69) is 20.3 Å². The van der Waals surface area contributed by atoms with Gasteiger partial charge in [-0.05, 0) is 36.4 Å². The number of halogens is 1. The molecule has 0 atom stereocenters. The topological polar surface area (TPSA) is 137 Å². The molecule has 3 aromatic rings. The van der Waals surface area contributed by atoms with Crippen molar-refractivity contribution in [2.45, 2.75) is 9.24 Å². The summed E-state index contributed by atoms with van der Waals surface area (Å²) in [7, 11) is -0.126. The van der Waals surface area contributed by atoms with E-state index in [-0.39, 0.29) is 27.2 Å². The van der Waals surface area contributed by atoms with Crippen LogP contribution >= 0.6 is 34.7 Å². The third kappa shape index (κ3) is 6.78. The summed E-state index contributed by atoms with van der Waals surface area (Å²) >= 11 is 8.10. The molecule has 2 aromatic carbocycles. The SMILES string of the molecule is COC(=O)CSc1nnc(NC(=O)CN(c2ccc(Cl)cc2)S(=O)(=O)c2ccc(OC)c(OC)c2)s1. The van der Waals surface area contributed by atoms with Crippen molar-refractivity contribution < 1.29 is 32.2 Å². The lowest BCUT2D eigenvalue weighted by Gasteiger charge is -2.24. The zero-order chi connectivity index (χ0) is 26.3. The van der Waals surface area contributed by atoms with E-state index in [0.29, 0.717) is 15.1 Å². The molecule has 0 fully saturated rings. The fourth-order valence-electron chi connectivity index (χ4n) is 2.81. The van der Waals surface area contributed by atoms with Gasteiger partial charge >= 0.3 is 5.97 Å². The van der Waals surface area contributed by atoms with Gasteiger partial charge in [-0.3, -0.25) is 19.2 Å². The third-order valence-electron chi connectivity index (χ3n) is 4.54. The summed E-state index contributed by atoms with van der Waals surface area (Å²) in [4.78, 5) is 24.0. The van der Waals surface area contributed by atoms with Gasteiger partial charge in [0.1, 0.15) is 6.54 Å². The second kappa shape index (κ2) is 12.3. The molecule has 15 heteroatoms. The van der Waals surface area contributed by atoms with Gasteiger partial charge in [0.2, 0.25) is 11.0 Å². The molecule has 0 unspecified atom stereocenters. The summed E-state index contributed by atoms with van der Waals surface area (Å²) in [5, 5.41) is 10.8. The van der Waals surface area contributed by atoms with Gasteiger partial charge in [-0.2, -0.15) is 0 Å². The quantitative estimate of drug-likeness (QED) is 0.207. The first-order valence-electron chi connectivity index (χ1n) is 10.0. The number of sulfonamides is 1. The standard InChI is InChI=1S/C21H21ClN4O7S3/c1-31-16-9-8-15(10-17(16)32-2)36(29,30)26(14-6-4-13(22)5-7-14)11-18(27)23-20-24-25-21(35-20)34-12-19(28)33-3/h4-10H,11-12H2,1-3H3,(H,23,24,27). The van der Waals surface area contributed by atoms with E-state index < -0.39 is 28.4 Å². The van der Waals surface area contributed by atoms with Crippen LogP contribution < -0.4 is 19.1 Å². The molecule has 1 aromatic heterocycles. The van der Waals surface area contributed by atoms with Crippen LogP contribution in [0.4, 0.5) is 10.8 Å². The Labute approximate surface area is 220 Å². The van der Waals surface area contributed by atoms with Crippen LogP contribution in [0.2, 0.25) is 5.02 Å². The molecule has 1 N–H and O–H groups in total. The number of thioether (sulfide) groups is 1. The maximum atomic E-state index is 13.6. The number of nitrogens with one attached hydrogen (secondary N) is 1. The first-order valence-corrected chi connectivity index (χ1v) is 13.6. The number of hydrogen-bond donors (Lipinski definition) is 1. The predicted octanol–water partition coefficient (Wildman–Crippen LogP) is 3.31. The van der Waals surface area contributed by atoms with Gasteiger partial charge in [-0.1, -0.05) is 34.7 Å². The minimum Gasteiger partial charge on any atom is -0.493 e. The van der Waals surface area contributed by atoms with Crippen molar-refractivity contribution in [3.8, 4) is 11.5 Å². The second-order valence-electron chi connectivity index (χ2n) is 6.79. The smallest absolute Gasteiger partial charge is 0.316 e. The molecule has 3 rings (SSSR count). The van der Waals surface area contributed by atoms with E-state index in [1.807, 2.05) is 0 Å². The van der Waals surface area contributed by atoms with Crippen molar-refractivity contribution in [2.75, 3.05) is 43.2 Å². The summed E-state index contributed by atoms with van der Waals surface area (Å²) in [6, 6.07) is 10.1. The fraction of sp³-hybridized carbons (Fsp3) is 0.238. The molecule has 0 aliphatic heterocycles. The Morgan fingerprint density at radius 3 is 2.39 bits per heavy atom. The van der Waals surface area contributed by atoms with Gasteiger partial charge in [-0.25, -0.2) is 8.42 Å². The number of amides is 1. The highest BCUT2D eigenvalue weighted by molar-refractivity contribution is 8.01. The number of anilines is 2. The fourth-order valence-corrected chi connectivity index (χ4v) is 5.98. The molecule has 11 nitrogen and oxygen atoms in total. The van der Waals surface area contributed by atoms with Crippen molar-refractivity contribution in [2.24, 2.45) is 0 Å². The van der Waals surface area contributed by atoms with Gasteiger partial charge in [0.15, 0.2) is 15.8 Å². The average Bonchev–Trinajstić information content (AvgIpc) is 3.32. The van der Waals surface area contributed by atoms with Gasteiger partial charge in [0, 0.05) is 11.1 Å². The van der Waals surface area contributed by atoms with Crippen LogP contribution in [0, 0.1) is 0 Å². The van der Waals surface area contributed by atoms with E-state index in [0.717, 1.165) is 27.4 Å². The van der Waals surface area contributed by atoms with Crippen molar-refractivity contribution in [1.29, 1.82) is 0 Å². The first kappa shape index (κ1) is 27.5. The van der Waals surface area contributed by atoms with E-state index in [1.165, 1.54) is 63.8 Å². The minimum atomic E-state index is -4.22. The monoisotopic (exact) mass is 572 g/mol. The highest BCUT2D eigenvalue weighted by Gasteiger charge is 2.29. The number of methoxy groups -OCH3 is 3. The Morgan fingerprint density at radius 2 is 1.75 bits per heavy atom. The van der Waals surface area contributed by atoms with E-state index >= 15 is 0 Å². The first-order chi connectivity index (χ1) is 17.2. The van der Waals surface area contributed by atoms with E-state index in [4.69, 9.17) is 21.1 Å². The van der Waals surface area contributed by atoms with E-state index in [1.54, 1.807) is 0 Å². The second-order valence-corrected chi connectivity index (χ2v) is 11.3. The molecule has 1 heterocycles. The number of aromatic nitrogens is 2. The number of carbonyl (C=O) groups is 2. The number of esters is 1. The zero-order valence-electron chi connectivity index (χ0n) is 19.3. The van der Waals surface area contributed by atoms with Crippen LogP contribution in [-0.4, -0.2) is 64.1 Å². The maximum Gasteiger partial charge on any atom is 0.316 e. The van der Waals surface area contributed by atoms with Crippen LogP contribution in [0.25, 0.3) is 0 Å². The molecular weight excluding hydrogens is 552 g/mol. The van der Waals surface area contributed by atoms with Crippen LogP contribution in [-0.2, 0) is 24.3 Å². The number of hydrogen-bond acceptors (Lipinski definition) is 11. The average molecular weight is 573 g/mol. The highest BCUT2D eigenvalue weighted by Crippen LogP contribution is 2.32. The Bertz CT molecular complexity index is 1330. The molecule has 0 aliphatic carbocycles. The lowest BCUT2D eigenvalue weighted by atomic mass is 10.3. The molecule has 36 heavy (non-hydrogen) atoms. The predicted molar refractivity (Wildman–Crippen MR) is 137 cm³/mol. The van der Waals surface area contributed by atoms with Crippen molar-refractivity contribution in [3.05, 3.63) is 47.5 Å². The summed E-state index contributed by atoms with van der Waals surface area (Å²) in [6.07, 6.45) is 0. The number of rotatable bonds is 11. The Balaban J connectivity index is 1.86. The molecule has 1 amide bonds. The van der Waals surface area contributed by atoms with Gasteiger partial charge < -0.3 is 14.2 Å². The van der Waals surface area contributed by atoms with Crippen molar-refractivity contribution in [1.82, 2.24) is 10.2 Å². The number of nitrogens with zero attached hydrogens (tertiary/aromatic N) is 3. The molecule has 0 saturated carbocycles. The number of carbonyl (C=O) groups excluding carboxylic acids is 2. The van der Waals surface area contributed by atoms with Crippen molar-refractivity contribution >= 4 is 67.4 Å². The summed E-state index contributed by atoms with van der Waals surface area (Å²) < 4.78 is 43.6. The van der Waals surface area contributed by atoms with Crippen LogP contribution in [0.5, 0.6) is 11.5 Å². The molecule has 192 valence electrons. The summed E-state index contributed by atoms with van der Waals surface area (Å²) in [6.45, 7) is -0.567. The van der Waals surface area contributed by atoms with Crippen LogP contribution in [0.15, 0.2) is 51.7 Å². The Kier molecular flexibility index (Phi) is 9.37. The number of benzene rings is 2.